The molecule has 2 aliphatic rings. The van der Waals surface area contributed by atoms with Crippen molar-refractivity contribution in [2.75, 3.05) is 0 Å². The summed E-state index contributed by atoms with van der Waals surface area (Å²) < 4.78 is 131. The van der Waals surface area contributed by atoms with Gasteiger partial charge in [-0.15, -0.1) is 0 Å². The minimum Gasteiger partial charge on any atom is -0.457 e. The fourth-order valence-electron chi connectivity index (χ4n) is 13.3. The lowest BCUT2D eigenvalue weighted by Gasteiger charge is -2.35. The number of fused-ring (bicyclic) bond motifs is 2. The molecule has 0 saturated heterocycles. The molecule has 0 bridgehead atoms. The molecule has 2 heterocycles. The highest BCUT2D eigenvalue weighted by Crippen LogP contribution is 2.58. The van der Waals surface area contributed by atoms with Gasteiger partial charge in [-0.2, -0.15) is 26.3 Å². The number of halogens is 6. The second-order valence-corrected chi connectivity index (χ2v) is 27.1. The predicted octanol–water partition coefficient (Wildman–Crippen LogP) is 21.1. The van der Waals surface area contributed by atoms with Gasteiger partial charge in [0.25, 0.3) is 23.6 Å². The first-order valence-corrected chi connectivity index (χ1v) is 33.3. The Kier molecular flexibility index (Phi) is 18.1. The van der Waals surface area contributed by atoms with Crippen LogP contribution in [0.2, 0.25) is 0 Å². The van der Waals surface area contributed by atoms with Gasteiger partial charge >= 0.3 is 24.3 Å². The maximum absolute atomic E-state index is 16.0. The largest absolute Gasteiger partial charge is 0.457 e. The number of carbonyl (C=O) groups excluding carboxylic acids is 6. The van der Waals surface area contributed by atoms with E-state index in [-0.39, 0.29) is 134 Å². The second-order valence-electron chi connectivity index (χ2n) is 27.1. The van der Waals surface area contributed by atoms with Gasteiger partial charge in [0.15, 0.2) is 0 Å². The van der Waals surface area contributed by atoms with Crippen molar-refractivity contribution in [1.82, 2.24) is 9.80 Å². The lowest BCUT2D eigenvalue weighted by atomic mass is 9.80. The van der Waals surface area contributed by atoms with Gasteiger partial charge in [0.1, 0.15) is 69.6 Å². The third-order valence-electron chi connectivity index (χ3n) is 18.5. The molecule has 0 aromatic heterocycles. The van der Waals surface area contributed by atoms with Crippen LogP contribution in [0, 0.1) is 13.8 Å². The van der Waals surface area contributed by atoms with Gasteiger partial charge in [0.05, 0.1) is 35.1 Å². The lowest BCUT2D eigenvalue weighted by molar-refractivity contribution is -0.160. The third-order valence-corrected chi connectivity index (χ3v) is 18.5. The number of esters is 2. The Balaban J connectivity index is 1.20. The summed E-state index contributed by atoms with van der Waals surface area (Å²) in [6.45, 7) is 19.1. The van der Waals surface area contributed by atoms with E-state index in [2.05, 4.69) is 0 Å². The number of ether oxygens (including phenoxy) is 6. The molecule has 520 valence electrons. The van der Waals surface area contributed by atoms with Crippen molar-refractivity contribution >= 4 is 78.7 Å². The lowest BCUT2D eigenvalue weighted by Crippen LogP contribution is -2.53. The molecule has 2 aliphatic heterocycles. The van der Waals surface area contributed by atoms with Crippen LogP contribution in [0.25, 0.3) is 43.1 Å². The molecular formula is C82H68F6N2O12. The number of hydrogen-bond donors (Lipinski definition) is 0. The van der Waals surface area contributed by atoms with E-state index in [9.17, 15) is 9.59 Å². The van der Waals surface area contributed by atoms with Crippen molar-refractivity contribution < 1.29 is 83.5 Å². The van der Waals surface area contributed by atoms with E-state index in [0.717, 1.165) is 22.3 Å². The summed E-state index contributed by atoms with van der Waals surface area (Å²) in [5, 5.41) is -0.536. The fourth-order valence-corrected chi connectivity index (χ4v) is 13.3. The van der Waals surface area contributed by atoms with Crippen molar-refractivity contribution in [3.8, 4) is 57.5 Å². The minimum atomic E-state index is -5.20. The molecule has 11 aromatic carbocycles. The van der Waals surface area contributed by atoms with E-state index in [1.54, 1.807) is 123 Å². The summed E-state index contributed by atoms with van der Waals surface area (Å²) in [7, 11) is 0. The molecule has 20 heteroatoms. The summed E-state index contributed by atoms with van der Waals surface area (Å²) in [5.74, 6) is -9.33. The first-order chi connectivity index (χ1) is 48.4. The maximum Gasteiger partial charge on any atom is 0.391 e. The van der Waals surface area contributed by atoms with Crippen LogP contribution in [-0.4, -0.2) is 69.8 Å². The van der Waals surface area contributed by atoms with Crippen LogP contribution >= 0.6 is 0 Å². The van der Waals surface area contributed by atoms with Gasteiger partial charge in [-0.05, 0) is 168 Å². The number of aryl methyl sites for hydroxylation is 2. The van der Waals surface area contributed by atoms with Gasteiger partial charge in [0.2, 0.25) is 0 Å². The van der Waals surface area contributed by atoms with Crippen molar-refractivity contribution in [2.45, 2.75) is 130 Å². The summed E-state index contributed by atoms with van der Waals surface area (Å²) in [6, 6.07) is 38.9. The molecule has 0 spiro atoms. The Labute approximate surface area is 582 Å². The molecule has 0 aliphatic carbocycles. The quantitative estimate of drug-likeness (QED) is 0.0177. The average molecular weight is 1390 g/mol. The summed E-state index contributed by atoms with van der Waals surface area (Å²) >= 11 is 0. The molecule has 11 aromatic rings. The van der Waals surface area contributed by atoms with Gasteiger partial charge in [-0.3, -0.25) is 29.0 Å². The molecule has 0 radical (unpaired) electrons. The Hall–Kier alpha value is -11.3. The topological polar surface area (TPSA) is 164 Å². The van der Waals surface area contributed by atoms with E-state index in [0.29, 0.717) is 11.1 Å². The first-order valence-electron chi connectivity index (χ1n) is 33.3. The number of nitrogens with zero attached hydrogens (tertiary/aromatic N) is 2. The van der Waals surface area contributed by atoms with Crippen LogP contribution in [0.4, 0.5) is 26.3 Å². The van der Waals surface area contributed by atoms with Crippen LogP contribution in [0.3, 0.4) is 0 Å². The standard InChI is InChI=1S/C82H68F6N2O12/c1-41(2)47-17-25-51(26-18-47)97-63-35-57-67-58(76(92)89(75(57)91)61(39-81(83,84)85)79(95)101-55-15-11-13-45(9)33-55)37-65(99-53-29-21-49(22-30-53)43(5)6)71-72-66(100-54-31-23-50(24-32-54)44(7)8)38-60-68-59(36-64(70(74(68)72)69(63)73(67)71)98-52-27-19-48(20-28-52)42(3)4)77(93)90(78(60)94)62(40-82(86,87)88)80(96)102-56-16-12-14-46(10)34-56/h11-38,41-44,61-62H,39-40H2,1-10H3. The van der Waals surface area contributed by atoms with Gasteiger partial charge in [-0.25, -0.2) is 9.59 Å². The second kappa shape index (κ2) is 26.7. The van der Waals surface area contributed by atoms with E-state index in [1.807, 2.05) is 55.4 Å². The van der Waals surface area contributed by atoms with E-state index >= 15 is 45.5 Å². The normalized spacial score (nSPS) is 14.0. The van der Waals surface area contributed by atoms with Crippen LogP contribution in [0.1, 0.15) is 167 Å². The van der Waals surface area contributed by atoms with Gasteiger partial charge < -0.3 is 28.4 Å². The molecular weight excluding hydrogens is 1320 g/mol. The molecule has 102 heavy (non-hydrogen) atoms. The summed E-state index contributed by atoms with van der Waals surface area (Å²) in [5.41, 5.74) is 2.92. The van der Waals surface area contributed by atoms with E-state index in [4.69, 9.17) is 28.4 Å². The zero-order chi connectivity index (χ0) is 72.7. The smallest absolute Gasteiger partial charge is 0.391 e. The van der Waals surface area contributed by atoms with Crippen LogP contribution in [0.5, 0.6) is 57.5 Å². The number of imide groups is 2. The molecule has 4 amide bonds. The van der Waals surface area contributed by atoms with Crippen molar-refractivity contribution in [1.29, 1.82) is 0 Å². The van der Waals surface area contributed by atoms with E-state index < -0.39 is 95.1 Å². The molecule has 14 nitrogen and oxygen atoms in total. The number of rotatable bonds is 20. The Morgan fingerprint density at radius 1 is 0.333 bits per heavy atom. The van der Waals surface area contributed by atoms with Crippen LogP contribution in [-0.2, 0) is 9.59 Å². The average Bonchev–Trinajstić information content (AvgIpc) is 0.671. The predicted molar refractivity (Wildman–Crippen MR) is 374 cm³/mol. The number of hydrogen-bond acceptors (Lipinski definition) is 12. The minimum absolute atomic E-state index is 0.0189. The maximum atomic E-state index is 16.0. The van der Waals surface area contributed by atoms with Crippen molar-refractivity contribution in [3.63, 3.8) is 0 Å². The Morgan fingerprint density at radius 2 is 0.578 bits per heavy atom. The van der Waals surface area contributed by atoms with Crippen LogP contribution in [0.15, 0.2) is 170 Å². The fraction of sp³-hybridized carbons (Fsp3) is 0.244. The molecule has 13 rings (SSSR count). The highest BCUT2D eigenvalue weighted by Gasteiger charge is 2.51. The van der Waals surface area contributed by atoms with Gasteiger partial charge in [-0.1, -0.05) is 128 Å². The SMILES string of the molecule is Cc1cccc(OC(=O)C(CC(F)(F)F)N2C(=O)c3cc(Oc4ccc(C(C)C)cc4)c4c5c(Oc6ccc(C(C)C)cc6)cc6c7c(cc(Oc8ccc(C(C)C)cc8)c(c8c(Oc9ccc(C(C)C)cc9)cc(c3c48)C2=O)c75)C(=O)N(C(CC(F)(F)F)C(=O)Oc2cccc(C)c2)C6=O)c1. The third kappa shape index (κ3) is 13.3. The summed E-state index contributed by atoms with van der Waals surface area (Å²) in [6.07, 6.45) is -14.5. The van der Waals surface area contributed by atoms with Crippen molar-refractivity contribution in [2.24, 2.45) is 0 Å². The monoisotopic (exact) mass is 1390 g/mol. The summed E-state index contributed by atoms with van der Waals surface area (Å²) in [4.78, 5) is 93.8. The molecule has 2 unspecified atom stereocenters. The Bertz CT molecular complexity index is 4640. The highest BCUT2D eigenvalue weighted by atomic mass is 19.4. The molecule has 0 saturated carbocycles. The zero-order valence-electron chi connectivity index (χ0n) is 57.1. The Morgan fingerprint density at radius 3 is 0.794 bits per heavy atom. The van der Waals surface area contributed by atoms with Gasteiger partial charge in [0, 0.05) is 43.1 Å². The highest BCUT2D eigenvalue weighted by molar-refractivity contribution is 6.45. The molecule has 0 N–H and O–H groups in total. The zero-order valence-corrected chi connectivity index (χ0v) is 57.1. The number of carbonyl (C=O) groups is 6. The molecule has 2 atom stereocenters. The number of alkyl halides is 6. The van der Waals surface area contributed by atoms with E-state index in [1.165, 1.54) is 60.7 Å². The van der Waals surface area contributed by atoms with Crippen molar-refractivity contribution in [3.05, 3.63) is 225 Å². The number of benzene rings is 11. The molecule has 0 fully saturated rings. The first kappa shape index (κ1) is 69.2. The van der Waals surface area contributed by atoms with Crippen LogP contribution < -0.4 is 28.4 Å². The number of amides is 4.